The average molecular weight is 377 g/mol. The normalized spacial score (nSPS) is 19.9. The minimum atomic E-state index is -0.569. The molecule has 2 aliphatic rings. The Bertz CT molecular complexity index is 749. The Morgan fingerprint density at radius 1 is 1.30 bits per heavy atom. The number of piperazine rings is 1. The molecule has 1 radical (unpaired) electrons. The Hall–Kier alpha value is -2.84. The number of halogens is 1. The number of anilines is 2. The molecule has 2 fully saturated rings. The van der Waals surface area contributed by atoms with Crippen LogP contribution in [0.5, 0.6) is 0 Å². The average Bonchev–Trinajstić information content (AvgIpc) is 3.01. The van der Waals surface area contributed by atoms with Crippen LogP contribution in [0.1, 0.15) is 6.92 Å². The lowest BCUT2D eigenvalue weighted by atomic mass is 10.2. The first kappa shape index (κ1) is 18.9. The van der Waals surface area contributed by atoms with Gasteiger partial charge in [-0.3, -0.25) is 14.5 Å². The highest BCUT2D eigenvalue weighted by molar-refractivity contribution is 5.90. The summed E-state index contributed by atoms with van der Waals surface area (Å²) in [5.41, 5.74) is 0.829. The van der Waals surface area contributed by atoms with Gasteiger partial charge >= 0.3 is 6.09 Å². The third-order valence-electron chi connectivity index (χ3n) is 4.67. The van der Waals surface area contributed by atoms with Crippen LogP contribution < -0.4 is 15.1 Å². The summed E-state index contributed by atoms with van der Waals surface area (Å²) in [6, 6.07) is 4.59. The Kier molecular flexibility index (Phi) is 5.48. The second-order valence-electron chi connectivity index (χ2n) is 6.56. The Labute approximate surface area is 156 Å². The molecule has 1 unspecified atom stereocenters. The monoisotopic (exact) mass is 377 g/mol. The van der Waals surface area contributed by atoms with E-state index in [1.54, 1.807) is 17.0 Å². The fourth-order valence-corrected chi connectivity index (χ4v) is 3.21. The van der Waals surface area contributed by atoms with Crippen molar-refractivity contribution in [1.82, 2.24) is 10.2 Å². The van der Waals surface area contributed by atoms with E-state index in [0.717, 1.165) is 0 Å². The molecule has 0 spiro atoms. The zero-order valence-corrected chi connectivity index (χ0v) is 15.1. The molecule has 0 aliphatic carbocycles. The van der Waals surface area contributed by atoms with Gasteiger partial charge in [0.15, 0.2) is 0 Å². The highest BCUT2D eigenvalue weighted by Gasteiger charge is 2.33. The number of carbonyl (C=O) groups excluding carboxylic acids is 3. The molecule has 1 aromatic rings. The lowest BCUT2D eigenvalue weighted by molar-refractivity contribution is -0.126. The van der Waals surface area contributed by atoms with Gasteiger partial charge in [0.1, 0.15) is 11.9 Å². The van der Waals surface area contributed by atoms with Crippen LogP contribution in [0.15, 0.2) is 18.2 Å². The molecule has 0 bridgehead atoms. The van der Waals surface area contributed by atoms with Gasteiger partial charge in [-0.05, 0) is 18.2 Å². The molecule has 0 aromatic heterocycles. The maximum Gasteiger partial charge on any atom is 0.414 e. The number of ether oxygens (including phenoxy) is 1. The fraction of sp³-hybridized carbons (Fsp3) is 0.444. The molecular formula is C18H22FN4O4. The van der Waals surface area contributed by atoms with E-state index < -0.39 is 18.0 Å². The van der Waals surface area contributed by atoms with Crippen molar-refractivity contribution in [2.45, 2.75) is 13.0 Å². The summed E-state index contributed by atoms with van der Waals surface area (Å²) < 4.78 is 19.8. The van der Waals surface area contributed by atoms with Gasteiger partial charge in [0.2, 0.25) is 11.8 Å². The van der Waals surface area contributed by atoms with Crippen LogP contribution in [0.2, 0.25) is 0 Å². The van der Waals surface area contributed by atoms with E-state index in [1.165, 1.54) is 17.9 Å². The van der Waals surface area contributed by atoms with E-state index in [1.807, 2.05) is 4.90 Å². The van der Waals surface area contributed by atoms with Gasteiger partial charge in [-0.1, -0.05) is 0 Å². The van der Waals surface area contributed by atoms with Crippen LogP contribution in [0, 0.1) is 12.7 Å². The first-order valence-electron chi connectivity index (χ1n) is 8.73. The molecule has 2 aliphatic heterocycles. The Morgan fingerprint density at radius 3 is 2.59 bits per heavy atom. The second kappa shape index (κ2) is 7.81. The molecule has 8 nitrogen and oxygen atoms in total. The Balaban J connectivity index is 1.66. The first-order chi connectivity index (χ1) is 12.8. The van der Waals surface area contributed by atoms with E-state index in [2.05, 4.69) is 12.2 Å². The van der Waals surface area contributed by atoms with Gasteiger partial charge in [-0.2, -0.15) is 0 Å². The molecule has 9 heteroatoms. The van der Waals surface area contributed by atoms with Crippen molar-refractivity contribution in [3.05, 3.63) is 30.9 Å². The maximum absolute atomic E-state index is 14.7. The van der Waals surface area contributed by atoms with Gasteiger partial charge < -0.3 is 19.9 Å². The predicted octanol–water partition coefficient (Wildman–Crippen LogP) is 0.770. The number of carbonyl (C=O) groups is 3. The van der Waals surface area contributed by atoms with Gasteiger partial charge in [-0.25, -0.2) is 9.18 Å². The number of hydrogen-bond acceptors (Lipinski definition) is 5. The van der Waals surface area contributed by atoms with Crippen LogP contribution >= 0.6 is 0 Å². The standard InChI is InChI=1S/C18H22FN4O4/c1-12(24)20-10-15-11-23(18(26)27-15)14-3-4-17(16(19)9-14)22-7-5-21(6-8-22)13(2)25/h3-4,9,15H,2,5-8,10-11H2,1H3,(H,20,24). The number of nitrogens with one attached hydrogen (secondary N) is 1. The zero-order chi connectivity index (χ0) is 19.6. The topological polar surface area (TPSA) is 82.2 Å². The molecule has 145 valence electrons. The van der Waals surface area contributed by atoms with Crippen LogP contribution in [-0.4, -0.2) is 68.2 Å². The van der Waals surface area contributed by atoms with Gasteiger partial charge in [-0.15, -0.1) is 0 Å². The maximum atomic E-state index is 14.7. The number of nitrogens with zero attached hydrogens (tertiary/aromatic N) is 3. The van der Waals surface area contributed by atoms with Crippen LogP contribution in [0.25, 0.3) is 0 Å². The van der Waals surface area contributed by atoms with Crippen molar-refractivity contribution in [3.8, 4) is 0 Å². The summed E-state index contributed by atoms with van der Waals surface area (Å²) in [4.78, 5) is 39.1. The largest absolute Gasteiger partial charge is 0.442 e. The molecule has 27 heavy (non-hydrogen) atoms. The minimum absolute atomic E-state index is 0.208. The summed E-state index contributed by atoms with van der Waals surface area (Å²) in [5, 5.41) is 2.60. The smallest absolute Gasteiger partial charge is 0.414 e. The van der Waals surface area contributed by atoms with Crippen molar-refractivity contribution in [2.75, 3.05) is 49.1 Å². The zero-order valence-electron chi connectivity index (χ0n) is 15.1. The quantitative estimate of drug-likeness (QED) is 0.838. The van der Waals surface area contributed by atoms with Crippen molar-refractivity contribution >= 4 is 29.3 Å². The van der Waals surface area contributed by atoms with Gasteiger partial charge in [0, 0.05) is 40.0 Å². The number of cyclic esters (lactones) is 1. The van der Waals surface area contributed by atoms with Gasteiger partial charge in [0.25, 0.3) is 0 Å². The molecule has 3 rings (SSSR count). The molecule has 2 heterocycles. The van der Waals surface area contributed by atoms with E-state index >= 15 is 0 Å². The van der Waals surface area contributed by atoms with Crippen molar-refractivity contribution in [3.63, 3.8) is 0 Å². The SMILES string of the molecule is [CH2]C(=O)N1CCN(c2ccc(N3CC(CNC(C)=O)OC3=O)cc2F)CC1. The highest BCUT2D eigenvalue weighted by Crippen LogP contribution is 2.28. The minimum Gasteiger partial charge on any atom is -0.442 e. The van der Waals surface area contributed by atoms with E-state index in [0.29, 0.717) is 37.6 Å². The Morgan fingerprint density at radius 2 is 2.00 bits per heavy atom. The van der Waals surface area contributed by atoms with E-state index in [4.69, 9.17) is 4.74 Å². The fourth-order valence-electron chi connectivity index (χ4n) is 3.21. The summed E-state index contributed by atoms with van der Waals surface area (Å²) in [5.74, 6) is -0.882. The molecular weight excluding hydrogens is 355 g/mol. The lowest BCUT2D eigenvalue weighted by Crippen LogP contribution is -2.48. The second-order valence-corrected chi connectivity index (χ2v) is 6.56. The molecule has 2 saturated heterocycles. The van der Waals surface area contributed by atoms with Crippen molar-refractivity contribution < 1.29 is 23.5 Å². The van der Waals surface area contributed by atoms with E-state index in [9.17, 15) is 18.8 Å². The molecule has 1 atom stereocenters. The summed E-state index contributed by atoms with van der Waals surface area (Å²) in [6.45, 7) is 7.25. The van der Waals surface area contributed by atoms with Crippen LogP contribution in [-0.2, 0) is 14.3 Å². The molecule has 1 N–H and O–H groups in total. The molecule has 1 aromatic carbocycles. The third-order valence-corrected chi connectivity index (χ3v) is 4.67. The summed E-state index contributed by atoms with van der Waals surface area (Å²) in [6.07, 6.45) is -1.04. The number of hydrogen-bond donors (Lipinski definition) is 1. The van der Waals surface area contributed by atoms with Crippen LogP contribution in [0.3, 0.4) is 0 Å². The van der Waals surface area contributed by atoms with Crippen molar-refractivity contribution in [2.24, 2.45) is 0 Å². The third kappa shape index (κ3) is 4.29. The highest BCUT2D eigenvalue weighted by atomic mass is 19.1. The van der Waals surface area contributed by atoms with Crippen LogP contribution in [0.4, 0.5) is 20.6 Å². The first-order valence-corrected chi connectivity index (χ1v) is 8.73. The number of benzene rings is 1. The molecule has 0 saturated carbocycles. The van der Waals surface area contributed by atoms with Gasteiger partial charge in [0.05, 0.1) is 24.5 Å². The van der Waals surface area contributed by atoms with Crippen molar-refractivity contribution in [1.29, 1.82) is 0 Å². The lowest BCUT2D eigenvalue weighted by Gasteiger charge is -2.35. The summed E-state index contributed by atoms with van der Waals surface area (Å²) in [7, 11) is 0. The van der Waals surface area contributed by atoms with E-state index in [-0.39, 0.29) is 24.9 Å². The molecule has 3 amide bonds. The summed E-state index contributed by atoms with van der Waals surface area (Å²) >= 11 is 0. The predicted molar refractivity (Wildman–Crippen MR) is 96.8 cm³/mol. The number of rotatable bonds is 4. The number of amides is 3.